The molecular weight excluding hydrogens is 256 g/mol. The van der Waals surface area contributed by atoms with Crippen molar-refractivity contribution >= 4 is 30.0 Å². The zero-order valence-corrected chi connectivity index (χ0v) is 11.0. The van der Waals surface area contributed by atoms with Gasteiger partial charge in [0.05, 0.1) is 5.25 Å². The number of hydrogen-bond acceptors (Lipinski definition) is 4. The van der Waals surface area contributed by atoms with Gasteiger partial charge in [0.15, 0.2) is 0 Å². The second kappa shape index (κ2) is 7.25. The lowest BCUT2D eigenvalue weighted by atomic mass is 10.2. The number of rotatable bonds is 9. The van der Waals surface area contributed by atoms with Gasteiger partial charge < -0.3 is 15.7 Å². The molecule has 0 bridgehead atoms. The predicted molar refractivity (Wildman–Crippen MR) is 68.3 cm³/mol. The van der Waals surface area contributed by atoms with Crippen molar-refractivity contribution in [2.75, 3.05) is 5.75 Å². The summed E-state index contributed by atoms with van der Waals surface area (Å²) in [5.41, 5.74) is 0. The van der Waals surface area contributed by atoms with Crippen LogP contribution >= 0.6 is 11.8 Å². The maximum Gasteiger partial charge on any atom is 0.326 e. The molecule has 18 heavy (non-hydrogen) atoms. The molecule has 1 saturated carbocycles. The fraction of sp³-hybridized carbons (Fsp3) is 0.727. The van der Waals surface area contributed by atoms with Crippen LogP contribution in [0.15, 0.2) is 0 Å². The Bertz CT molecular complexity index is 320. The first-order valence-electron chi connectivity index (χ1n) is 5.89. The first-order chi connectivity index (χ1) is 8.54. The summed E-state index contributed by atoms with van der Waals surface area (Å²) < 4.78 is 0. The minimum Gasteiger partial charge on any atom is -0.480 e. The summed E-state index contributed by atoms with van der Waals surface area (Å²) in [6, 6.07) is -0.544. The van der Waals surface area contributed by atoms with Crippen molar-refractivity contribution in [3.8, 4) is 0 Å². The van der Waals surface area contributed by atoms with Crippen molar-refractivity contribution < 1.29 is 19.5 Å². The molecule has 0 heterocycles. The van der Waals surface area contributed by atoms with E-state index in [9.17, 15) is 14.4 Å². The minimum absolute atomic E-state index is 0.00211. The lowest BCUT2D eigenvalue weighted by Crippen LogP contribution is -2.37. The van der Waals surface area contributed by atoms with Crippen LogP contribution in [0, 0.1) is 0 Å². The van der Waals surface area contributed by atoms with E-state index in [0.717, 1.165) is 12.8 Å². The smallest absolute Gasteiger partial charge is 0.326 e. The average molecular weight is 274 g/mol. The molecule has 6 nitrogen and oxygen atoms in total. The van der Waals surface area contributed by atoms with E-state index in [-0.39, 0.29) is 11.2 Å². The molecule has 0 saturated heterocycles. The summed E-state index contributed by atoms with van der Waals surface area (Å²) in [6.45, 7) is 1.80. The molecule has 0 spiro atoms. The summed E-state index contributed by atoms with van der Waals surface area (Å²) >= 11 is 1.39. The van der Waals surface area contributed by atoms with E-state index in [1.165, 1.54) is 11.8 Å². The first kappa shape index (κ1) is 14.8. The molecule has 2 unspecified atom stereocenters. The van der Waals surface area contributed by atoms with Gasteiger partial charge in [0, 0.05) is 6.04 Å². The Kier molecular flexibility index (Phi) is 5.97. The van der Waals surface area contributed by atoms with E-state index in [1.54, 1.807) is 6.92 Å². The fourth-order valence-electron chi connectivity index (χ4n) is 1.34. The molecule has 0 aromatic carbocycles. The Labute approximate surface area is 110 Å². The second-order valence-electron chi connectivity index (χ2n) is 4.26. The van der Waals surface area contributed by atoms with Gasteiger partial charge in [-0.15, -0.1) is 11.8 Å². The Morgan fingerprint density at radius 1 is 1.50 bits per heavy atom. The molecule has 7 heteroatoms. The van der Waals surface area contributed by atoms with Crippen LogP contribution in [0.25, 0.3) is 0 Å². The highest BCUT2D eigenvalue weighted by molar-refractivity contribution is 8.00. The number of carbonyl (C=O) groups is 3. The number of thioether (sulfide) groups is 1. The van der Waals surface area contributed by atoms with Crippen molar-refractivity contribution in [2.24, 2.45) is 0 Å². The second-order valence-corrected chi connectivity index (χ2v) is 5.71. The quantitative estimate of drug-likeness (QED) is 0.513. The SMILES string of the molecule is CC(SCCC(NC=O)C(=O)O)C(=O)NC1CC1. The Morgan fingerprint density at radius 3 is 2.67 bits per heavy atom. The number of carboxylic acids is 1. The number of carboxylic acid groups (broad SMARTS) is 1. The van der Waals surface area contributed by atoms with Crippen molar-refractivity contribution in [1.82, 2.24) is 10.6 Å². The van der Waals surface area contributed by atoms with Crippen LogP contribution in [0.4, 0.5) is 0 Å². The molecule has 1 aliphatic rings. The normalized spacial score (nSPS) is 17.6. The molecule has 2 atom stereocenters. The molecule has 2 amide bonds. The maximum atomic E-state index is 11.6. The van der Waals surface area contributed by atoms with Crippen LogP contribution in [0.3, 0.4) is 0 Å². The van der Waals surface area contributed by atoms with Gasteiger partial charge in [-0.2, -0.15) is 0 Å². The molecule has 0 aliphatic heterocycles. The third-order valence-corrected chi connectivity index (χ3v) is 3.82. The van der Waals surface area contributed by atoms with Gasteiger partial charge in [0.2, 0.25) is 12.3 Å². The largest absolute Gasteiger partial charge is 0.480 e. The zero-order chi connectivity index (χ0) is 13.5. The number of hydrogen-bond donors (Lipinski definition) is 3. The van der Waals surface area contributed by atoms with Crippen LogP contribution in [-0.2, 0) is 14.4 Å². The predicted octanol–water partition coefficient (Wildman–Crippen LogP) is -0.0240. The monoisotopic (exact) mass is 274 g/mol. The highest BCUT2D eigenvalue weighted by Crippen LogP contribution is 2.20. The Hall–Kier alpha value is -1.24. The molecule has 0 radical (unpaired) electrons. The summed E-state index contributed by atoms with van der Waals surface area (Å²) in [4.78, 5) is 32.6. The standard InChI is InChI=1S/C11H18N2O4S/c1-7(10(15)13-8-2-3-8)18-5-4-9(11(16)17)12-6-14/h6-9H,2-5H2,1H3,(H,12,14)(H,13,15)(H,16,17). The minimum atomic E-state index is -1.06. The van der Waals surface area contributed by atoms with Crippen LogP contribution < -0.4 is 10.6 Å². The van der Waals surface area contributed by atoms with Crippen LogP contribution in [-0.4, -0.2) is 46.5 Å². The molecule has 102 valence electrons. The number of aliphatic carboxylic acids is 1. The number of nitrogens with one attached hydrogen (secondary N) is 2. The topological polar surface area (TPSA) is 95.5 Å². The summed E-state index contributed by atoms with van der Waals surface area (Å²) in [5, 5.41) is 13.7. The third kappa shape index (κ3) is 5.39. The fourth-order valence-corrected chi connectivity index (χ4v) is 2.29. The van der Waals surface area contributed by atoms with E-state index in [2.05, 4.69) is 10.6 Å². The van der Waals surface area contributed by atoms with Crippen LogP contribution in [0.5, 0.6) is 0 Å². The number of amides is 2. The molecule has 1 rings (SSSR count). The molecule has 1 fully saturated rings. The highest BCUT2D eigenvalue weighted by atomic mass is 32.2. The van der Waals surface area contributed by atoms with E-state index < -0.39 is 12.0 Å². The third-order valence-electron chi connectivity index (χ3n) is 2.63. The zero-order valence-electron chi connectivity index (χ0n) is 10.2. The van der Waals surface area contributed by atoms with E-state index >= 15 is 0 Å². The van der Waals surface area contributed by atoms with Crippen molar-refractivity contribution in [1.29, 1.82) is 0 Å². The van der Waals surface area contributed by atoms with Gasteiger partial charge in [-0.3, -0.25) is 9.59 Å². The van der Waals surface area contributed by atoms with E-state index in [1.807, 2.05) is 0 Å². The maximum absolute atomic E-state index is 11.6. The average Bonchev–Trinajstić information content (AvgIpc) is 3.11. The van der Waals surface area contributed by atoms with Crippen molar-refractivity contribution in [2.45, 2.75) is 43.5 Å². The van der Waals surface area contributed by atoms with Crippen LogP contribution in [0.2, 0.25) is 0 Å². The van der Waals surface area contributed by atoms with Crippen molar-refractivity contribution in [3.63, 3.8) is 0 Å². The first-order valence-corrected chi connectivity index (χ1v) is 6.94. The van der Waals surface area contributed by atoms with Gasteiger partial charge in [-0.25, -0.2) is 4.79 Å². The molecular formula is C11H18N2O4S. The molecule has 0 aromatic heterocycles. The lowest BCUT2D eigenvalue weighted by Gasteiger charge is -2.14. The van der Waals surface area contributed by atoms with Gasteiger partial charge in [0.1, 0.15) is 6.04 Å². The van der Waals surface area contributed by atoms with Gasteiger partial charge in [-0.1, -0.05) is 0 Å². The van der Waals surface area contributed by atoms with Gasteiger partial charge in [-0.05, 0) is 31.9 Å². The van der Waals surface area contributed by atoms with E-state index in [4.69, 9.17) is 5.11 Å². The van der Waals surface area contributed by atoms with Crippen LogP contribution in [0.1, 0.15) is 26.2 Å². The Morgan fingerprint density at radius 2 is 2.17 bits per heavy atom. The summed E-state index contributed by atoms with van der Waals surface area (Å²) in [6.07, 6.45) is 2.79. The van der Waals surface area contributed by atoms with Gasteiger partial charge in [0.25, 0.3) is 0 Å². The number of carbonyl (C=O) groups excluding carboxylic acids is 2. The van der Waals surface area contributed by atoms with Crippen molar-refractivity contribution in [3.05, 3.63) is 0 Å². The van der Waals surface area contributed by atoms with Gasteiger partial charge >= 0.3 is 5.97 Å². The summed E-state index contributed by atoms with van der Waals surface area (Å²) in [5.74, 6) is -0.549. The highest BCUT2D eigenvalue weighted by Gasteiger charge is 2.26. The Balaban J connectivity index is 2.19. The molecule has 0 aromatic rings. The van der Waals surface area contributed by atoms with E-state index in [0.29, 0.717) is 24.6 Å². The molecule has 3 N–H and O–H groups in total. The summed E-state index contributed by atoms with van der Waals surface area (Å²) in [7, 11) is 0. The lowest BCUT2D eigenvalue weighted by molar-refractivity contribution is -0.140. The molecule has 1 aliphatic carbocycles.